The highest BCUT2D eigenvalue weighted by Crippen LogP contribution is 2.11. The summed E-state index contributed by atoms with van der Waals surface area (Å²) >= 11 is 0. The third-order valence-corrected chi connectivity index (χ3v) is 2.17. The van der Waals surface area contributed by atoms with Gasteiger partial charge in [0.25, 0.3) is 0 Å². The number of rotatable bonds is 5. The molecule has 1 heterocycles. The second-order valence-corrected chi connectivity index (χ2v) is 3.27. The van der Waals surface area contributed by atoms with Crippen LogP contribution in [0.3, 0.4) is 0 Å². The molecule has 1 saturated heterocycles. The number of hydrogen-bond acceptors (Lipinski definition) is 2. The zero-order valence-corrected chi connectivity index (χ0v) is 7.72. The van der Waals surface area contributed by atoms with Gasteiger partial charge in [-0.05, 0) is 32.2 Å². The molecule has 0 aliphatic carbocycles. The molecule has 1 atom stereocenters. The Kier molecular flexibility index (Phi) is 5.04. The third kappa shape index (κ3) is 3.88. The lowest BCUT2D eigenvalue weighted by molar-refractivity contribution is 0.0171. The SMILES string of the molecule is C=CCCNCC1CCCCO1. The smallest absolute Gasteiger partial charge is 0.0699 e. The van der Waals surface area contributed by atoms with Crippen LogP contribution in [0, 0.1) is 0 Å². The van der Waals surface area contributed by atoms with Crippen LogP contribution < -0.4 is 5.32 Å². The Morgan fingerprint density at radius 3 is 3.08 bits per heavy atom. The van der Waals surface area contributed by atoms with E-state index >= 15 is 0 Å². The van der Waals surface area contributed by atoms with Crippen LogP contribution in [0.2, 0.25) is 0 Å². The molecule has 0 spiro atoms. The van der Waals surface area contributed by atoms with E-state index in [1.807, 2.05) is 6.08 Å². The Morgan fingerprint density at radius 2 is 2.42 bits per heavy atom. The molecule has 0 bridgehead atoms. The van der Waals surface area contributed by atoms with Crippen molar-refractivity contribution in [1.82, 2.24) is 5.32 Å². The first-order valence-electron chi connectivity index (χ1n) is 4.86. The Morgan fingerprint density at radius 1 is 1.50 bits per heavy atom. The minimum atomic E-state index is 0.462. The molecule has 70 valence electrons. The average Bonchev–Trinajstić information content (AvgIpc) is 2.14. The van der Waals surface area contributed by atoms with Crippen molar-refractivity contribution in [3.8, 4) is 0 Å². The molecule has 1 rings (SSSR count). The van der Waals surface area contributed by atoms with Crippen molar-refractivity contribution in [2.45, 2.75) is 31.8 Å². The Hall–Kier alpha value is -0.340. The standard InChI is InChI=1S/C10H19NO/c1-2-3-7-11-9-10-6-4-5-8-12-10/h2,10-11H,1,3-9H2. The Bertz CT molecular complexity index is 119. The summed E-state index contributed by atoms with van der Waals surface area (Å²) in [7, 11) is 0. The van der Waals surface area contributed by atoms with E-state index in [1.165, 1.54) is 19.3 Å². The van der Waals surface area contributed by atoms with E-state index in [1.54, 1.807) is 0 Å². The normalized spacial score (nSPS) is 23.8. The molecule has 12 heavy (non-hydrogen) atoms. The first-order valence-corrected chi connectivity index (χ1v) is 4.86. The molecule has 2 heteroatoms. The lowest BCUT2D eigenvalue weighted by Crippen LogP contribution is -2.32. The summed E-state index contributed by atoms with van der Waals surface area (Å²) in [5.41, 5.74) is 0. The molecular formula is C10H19NO. The predicted octanol–water partition coefficient (Wildman–Crippen LogP) is 1.72. The summed E-state index contributed by atoms with van der Waals surface area (Å²) in [6.07, 6.45) is 7.24. The molecule has 1 N–H and O–H groups in total. The van der Waals surface area contributed by atoms with Crippen LogP contribution in [0.5, 0.6) is 0 Å². The first kappa shape index (κ1) is 9.75. The molecular weight excluding hydrogens is 150 g/mol. The first-order chi connectivity index (χ1) is 5.93. The zero-order chi connectivity index (χ0) is 8.65. The lowest BCUT2D eigenvalue weighted by atomic mass is 10.1. The lowest BCUT2D eigenvalue weighted by Gasteiger charge is -2.22. The van der Waals surface area contributed by atoms with Crippen molar-refractivity contribution in [1.29, 1.82) is 0 Å². The summed E-state index contributed by atoms with van der Waals surface area (Å²) in [5, 5.41) is 3.36. The molecule has 0 aromatic carbocycles. The van der Waals surface area contributed by atoms with E-state index in [0.717, 1.165) is 26.1 Å². The highest BCUT2D eigenvalue weighted by molar-refractivity contribution is 4.70. The van der Waals surface area contributed by atoms with Crippen molar-refractivity contribution in [3.63, 3.8) is 0 Å². The fourth-order valence-corrected chi connectivity index (χ4v) is 1.44. The van der Waals surface area contributed by atoms with Gasteiger partial charge in [-0.2, -0.15) is 0 Å². The zero-order valence-electron chi connectivity index (χ0n) is 7.72. The quantitative estimate of drug-likeness (QED) is 0.500. The molecule has 1 unspecified atom stereocenters. The maximum Gasteiger partial charge on any atom is 0.0699 e. The monoisotopic (exact) mass is 169 g/mol. The maximum atomic E-state index is 5.57. The summed E-state index contributed by atoms with van der Waals surface area (Å²) in [4.78, 5) is 0. The summed E-state index contributed by atoms with van der Waals surface area (Å²) in [5.74, 6) is 0. The van der Waals surface area contributed by atoms with E-state index in [-0.39, 0.29) is 0 Å². The fourth-order valence-electron chi connectivity index (χ4n) is 1.44. The largest absolute Gasteiger partial charge is 0.377 e. The molecule has 0 saturated carbocycles. The molecule has 2 nitrogen and oxygen atoms in total. The highest BCUT2D eigenvalue weighted by Gasteiger charge is 2.12. The van der Waals surface area contributed by atoms with E-state index in [2.05, 4.69) is 11.9 Å². The van der Waals surface area contributed by atoms with Crippen LogP contribution in [0.25, 0.3) is 0 Å². The highest BCUT2D eigenvalue weighted by atomic mass is 16.5. The molecule has 0 radical (unpaired) electrons. The van der Waals surface area contributed by atoms with Gasteiger partial charge >= 0.3 is 0 Å². The van der Waals surface area contributed by atoms with Gasteiger partial charge in [-0.25, -0.2) is 0 Å². The van der Waals surface area contributed by atoms with Gasteiger partial charge in [-0.3, -0.25) is 0 Å². The van der Waals surface area contributed by atoms with Gasteiger partial charge in [0.15, 0.2) is 0 Å². The van der Waals surface area contributed by atoms with Crippen LogP contribution in [-0.2, 0) is 4.74 Å². The van der Waals surface area contributed by atoms with Crippen LogP contribution in [0.1, 0.15) is 25.7 Å². The number of ether oxygens (including phenoxy) is 1. The van der Waals surface area contributed by atoms with Crippen LogP contribution in [0.4, 0.5) is 0 Å². The van der Waals surface area contributed by atoms with Gasteiger partial charge in [0, 0.05) is 13.2 Å². The molecule has 0 aromatic heterocycles. The van der Waals surface area contributed by atoms with Crippen molar-refractivity contribution in [2.24, 2.45) is 0 Å². The summed E-state index contributed by atoms with van der Waals surface area (Å²) in [6, 6.07) is 0. The van der Waals surface area contributed by atoms with E-state index in [9.17, 15) is 0 Å². The van der Waals surface area contributed by atoms with Gasteiger partial charge in [-0.15, -0.1) is 6.58 Å². The third-order valence-electron chi connectivity index (χ3n) is 2.17. The summed E-state index contributed by atoms with van der Waals surface area (Å²) < 4.78 is 5.57. The van der Waals surface area contributed by atoms with Gasteiger partial charge in [0.2, 0.25) is 0 Å². The van der Waals surface area contributed by atoms with Crippen molar-refractivity contribution < 1.29 is 4.74 Å². The van der Waals surface area contributed by atoms with E-state index < -0.39 is 0 Å². The van der Waals surface area contributed by atoms with Crippen molar-refractivity contribution >= 4 is 0 Å². The number of nitrogens with one attached hydrogen (secondary N) is 1. The van der Waals surface area contributed by atoms with E-state index in [0.29, 0.717) is 6.10 Å². The van der Waals surface area contributed by atoms with Crippen molar-refractivity contribution in [3.05, 3.63) is 12.7 Å². The molecule has 0 aromatic rings. The minimum Gasteiger partial charge on any atom is -0.377 e. The fraction of sp³-hybridized carbons (Fsp3) is 0.800. The molecule has 1 aliphatic rings. The van der Waals surface area contributed by atoms with Crippen molar-refractivity contribution in [2.75, 3.05) is 19.7 Å². The van der Waals surface area contributed by atoms with Crippen LogP contribution in [-0.4, -0.2) is 25.8 Å². The summed E-state index contributed by atoms with van der Waals surface area (Å²) in [6.45, 7) is 6.66. The minimum absolute atomic E-state index is 0.462. The predicted molar refractivity (Wildman–Crippen MR) is 51.3 cm³/mol. The maximum absolute atomic E-state index is 5.57. The van der Waals surface area contributed by atoms with Gasteiger partial charge in [0.1, 0.15) is 0 Å². The number of hydrogen-bond donors (Lipinski definition) is 1. The molecule has 0 amide bonds. The topological polar surface area (TPSA) is 21.3 Å². The van der Waals surface area contributed by atoms with E-state index in [4.69, 9.17) is 4.74 Å². The Balaban J connectivity index is 1.94. The molecule has 1 aliphatic heterocycles. The van der Waals surface area contributed by atoms with Crippen LogP contribution in [0.15, 0.2) is 12.7 Å². The van der Waals surface area contributed by atoms with Gasteiger partial charge in [-0.1, -0.05) is 6.08 Å². The van der Waals surface area contributed by atoms with Gasteiger partial charge in [0.05, 0.1) is 6.10 Å². The second-order valence-electron chi connectivity index (χ2n) is 3.27. The van der Waals surface area contributed by atoms with Crippen LogP contribution >= 0.6 is 0 Å². The van der Waals surface area contributed by atoms with Gasteiger partial charge < -0.3 is 10.1 Å². The Labute approximate surface area is 75.0 Å². The average molecular weight is 169 g/mol. The second kappa shape index (κ2) is 6.21. The molecule has 1 fully saturated rings.